The van der Waals surface area contributed by atoms with Gasteiger partial charge in [0.2, 0.25) is 0 Å². The number of benzene rings is 1. The zero-order chi connectivity index (χ0) is 12.3. The van der Waals surface area contributed by atoms with Gasteiger partial charge in [0.25, 0.3) is 5.69 Å². The minimum Gasteiger partial charge on any atom is -0.377 e. The van der Waals surface area contributed by atoms with Crippen molar-refractivity contribution in [2.45, 2.75) is 26.3 Å². The molecule has 1 aromatic rings. The molecule has 0 aliphatic heterocycles. The zero-order valence-corrected chi connectivity index (χ0v) is 8.96. The Hall–Kier alpha value is -1.72. The summed E-state index contributed by atoms with van der Waals surface area (Å²) < 4.78 is 25.8. The van der Waals surface area contributed by atoms with E-state index in [9.17, 15) is 18.9 Å². The van der Waals surface area contributed by atoms with Gasteiger partial charge in [0.05, 0.1) is 11.0 Å². The van der Waals surface area contributed by atoms with Gasteiger partial charge < -0.3 is 5.32 Å². The molecule has 6 heteroatoms. The third kappa shape index (κ3) is 2.65. The summed E-state index contributed by atoms with van der Waals surface area (Å²) in [7, 11) is 0. The molecule has 0 aromatic heterocycles. The molecule has 0 bridgehead atoms. The summed E-state index contributed by atoms with van der Waals surface area (Å²) in [6.07, 6.45) is 0.718. The summed E-state index contributed by atoms with van der Waals surface area (Å²) in [5.74, 6) is -2.32. The van der Waals surface area contributed by atoms with E-state index in [1.807, 2.05) is 6.92 Å². The minimum absolute atomic E-state index is 0.00162. The highest BCUT2D eigenvalue weighted by Crippen LogP contribution is 2.27. The van der Waals surface area contributed by atoms with Gasteiger partial charge in [-0.1, -0.05) is 6.92 Å². The Morgan fingerprint density at radius 1 is 1.44 bits per heavy atom. The molecule has 16 heavy (non-hydrogen) atoms. The van der Waals surface area contributed by atoms with E-state index in [1.165, 1.54) is 0 Å². The standard InChI is InChI=1S/C10H12F2N2O2/c1-3-6(2)13-9-4-7(11)8(12)5-10(9)14(15)16/h4-6,13H,3H2,1-2H3. The van der Waals surface area contributed by atoms with Gasteiger partial charge in [-0.15, -0.1) is 0 Å². The average molecular weight is 230 g/mol. The third-order valence-corrected chi connectivity index (χ3v) is 2.25. The van der Waals surface area contributed by atoms with Crippen LogP contribution in [0.2, 0.25) is 0 Å². The van der Waals surface area contributed by atoms with Crippen molar-refractivity contribution in [2.24, 2.45) is 0 Å². The van der Waals surface area contributed by atoms with Gasteiger partial charge in [0.15, 0.2) is 11.6 Å². The lowest BCUT2D eigenvalue weighted by Crippen LogP contribution is -2.15. The maximum Gasteiger partial charge on any atom is 0.295 e. The number of nitro groups is 1. The molecule has 0 fully saturated rings. The van der Waals surface area contributed by atoms with E-state index >= 15 is 0 Å². The average Bonchev–Trinajstić information content (AvgIpc) is 2.22. The first-order valence-corrected chi connectivity index (χ1v) is 4.85. The Morgan fingerprint density at radius 3 is 2.50 bits per heavy atom. The smallest absolute Gasteiger partial charge is 0.295 e. The first kappa shape index (κ1) is 12.4. The predicted octanol–water partition coefficient (Wildman–Crippen LogP) is 3.08. The minimum atomic E-state index is -1.22. The van der Waals surface area contributed by atoms with Crippen LogP contribution >= 0.6 is 0 Å². The Morgan fingerprint density at radius 2 is 2.00 bits per heavy atom. The molecule has 88 valence electrons. The number of nitrogens with zero attached hydrogens (tertiary/aromatic N) is 1. The topological polar surface area (TPSA) is 55.2 Å². The van der Waals surface area contributed by atoms with Crippen LogP contribution in [0.5, 0.6) is 0 Å². The van der Waals surface area contributed by atoms with Gasteiger partial charge in [-0.25, -0.2) is 8.78 Å². The molecule has 1 N–H and O–H groups in total. The molecule has 0 saturated heterocycles. The molecule has 0 aliphatic carbocycles. The molecule has 4 nitrogen and oxygen atoms in total. The monoisotopic (exact) mass is 230 g/mol. The van der Waals surface area contributed by atoms with E-state index in [1.54, 1.807) is 6.92 Å². The van der Waals surface area contributed by atoms with Gasteiger partial charge in [-0.05, 0) is 13.3 Å². The Kier molecular flexibility index (Phi) is 3.76. The second-order valence-electron chi connectivity index (χ2n) is 3.49. The van der Waals surface area contributed by atoms with Crippen LogP contribution in [0.1, 0.15) is 20.3 Å². The number of halogens is 2. The number of nitro benzene ring substituents is 1. The van der Waals surface area contributed by atoms with Gasteiger partial charge >= 0.3 is 0 Å². The largest absolute Gasteiger partial charge is 0.377 e. The normalized spacial score (nSPS) is 12.2. The van der Waals surface area contributed by atoms with Gasteiger partial charge in [0, 0.05) is 12.1 Å². The molecular weight excluding hydrogens is 218 g/mol. The SMILES string of the molecule is CCC(C)Nc1cc(F)c(F)cc1[N+](=O)[O-]. The molecule has 0 radical (unpaired) electrons. The summed E-state index contributed by atoms with van der Waals surface area (Å²) >= 11 is 0. The Balaban J connectivity index is 3.14. The quantitative estimate of drug-likeness (QED) is 0.638. The summed E-state index contributed by atoms with van der Waals surface area (Å²) in [5.41, 5.74) is -0.461. The van der Waals surface area contributed by atoms with E-state index in [0.29, 0.717) is 6.07 Å². The van der Waals surface area contributed by atoms with E-state index in [4.69, 9.17) is 0 Å². The molecule has 0 aliphatic rings. The van der Waals surface area contributed by atoms with E-state index in [-0.39, 0.29) is 11.7 Å². The van der Waals surface area contributed by atoms with Crippen LogP contribution in [0.25, 0.3) is 0 Å². The molecular formula is C10H12F2N2O2. The van der Waals surface area contributed by atoms with E-state index in [2.05, 4.69) is 5.32 Å². The second-order valence-corrected chi connectivity index (χ2v) is 3.49. The van der Waals surface area contributed by atoms with Crippen molar-refractivity contribution in [3.8, 4) is 0 Å². The van der Waals surface area contributed by atoms with Crippen LogP contribution in [-0.2, 0) is 0 Å². The number of hydrogen-bond donors (Lipinski definition) is 1. The molecule has 1 rings (SSSR count). The maximum atomic E-state index is 12.9. The Labute approximate surface area is 91.4 Å². The number of rotatable bonds is 4. The number of hydrogen-bond acceptors (Lipinski definition) is 3. The molecule has 0 heterocycles. The lowest BCUT2D eigenvalue weighted by Gasteiger charge is -2.13. The molecule has 1 atom stereocenters. The number of anilines is 1. The number of nitrogens with one attached hydrogen (secondary N) is 1. The van der Waals surface area contributed by atoms with E-state index < -0.39 is 22.2 Å². The van der Waals surface area contributed by atoms with Crippen LogP contribution in [0.4, 0.5) is 20.2 Å². The van der Waals surface area contributed by atoms with Gasteiger partial charge in [0.1, 0.15) is 5.69 Å². The van der Waals surface area contributed by atoms with Crippen molar-refractivity contribution in [2.75, 3.05) is 5.32 Å². The summed E-state index contributed by atoms with van der Waals surface area (Å²) in [6.45, 7) is 3.67. The predicted molar refractivity (Wildman–Crippen MR) is 56.4 cm³/mol. The van der Waals surface area contributed by atoms with Crippen molar-refractivity contribution in [1.29, 1.82) is 0 Å². The Bertz CT molecular complexity index is 410. The van der Waals surface area contributed by atoms with Crippen LogP contribution in [0.3, 0.4) is 0 Å². The fourth-order valence-corrected chi connectivity index (χ4v) is 1.17. The maximum absolute atomic E-state index is 12.9. The van der Waals surface area contributed by atoms with Crippen LogP contribution < -0.4 is 5.32 Å². The molecule has 0 amide bonds. The van der Waals surface area contributed by atoms with Crippen LogP contribution in [0.15, 0.2) is 12.1 Å². The highest BCUT2D eigenvalue weighted by molar-refractivity contribution is 5.62. The van der Waals surface area contributed by atoms with Crippen molar-refractivity contribution in [1.82, 2.24) is 0 Å². The van der Waals surface area contributed by atoms with Crippen LogP contribution in [-0.4, -0.2) is 11.0 Å². The van der Waals surface area contributed by atoms with Gasteiger partial charge in [-0.3, -0.25) is 10.1 Å². The van der Waals surface area contributed by atoms with Crippen molar-refractivity contribution in [3.63, 3.8) is 0 Å². The fraction of sp³-hybridized carbons (Fsp3) is 0.400. The first-order valence-electron chi connectivity index (χ1n) is 4.85. The summed E-state index contributed by atoms with van der Waals surface area (Å²) in [5, 5.41) is 13.4. The summed E-state index contributed by atoms with van der Waals surface area (Å²) in [6, 6.07) is 1.34. The third-order valence-electron chi connectivity index (χ3n) is 2.25. The molecule has 1 aromatic carbocycles. The van der Waals surface area contributed by atoms with E-state index in [0.717, 1.165) is 12.5 Å². The van der Waals surface area contributed by atoms with Gasteiger partial charge in [-0.2, -0.15) is 0 Å². The van der Waals surface area contributed by atoms with Crippen molar-refractivity contribution in [3.05, 3.63) is 33.9 Å². The molecule has 1 unspecified atom stereocenters. The second kappa shape index (κ2) is 4.87. The van der Waals surface area contributed by atoms with Crippen molar-refractivity contribution >= 4 is 11.4 Å². The van der Waals surface area contributed by atoms with Crippen molar-refractivity contribution < 1.29 is 13.7 Å². The fourth-order valence-electron chi connectivity index (χ4n) is 1.17. The lowest BCUT2D eigenvalue weighted by molar-refractivity contribution is -0.384. The zero-order valence-electron chi connectivity index (χ0n) is 8.96. The molecule has 0 saturated carbocycles. The molecule has 0 spiro atoms. The highest BCUT2D eigenvalue weighted by Gasteiger charge is 2.19. The highest BCUT2D eigenvalue weighted by atomic mass is 19.2. The van der Waals surface area contributed by atoms with Crippen LogP contribution in [0, 0.1) is 21.7 Å². The summed E-state index contributed by atoms with van der Waals surface area (Å²) in [4.78, 5) is 9.89. The lowest BCUT2D eigenvalue weighted by atomic mass is 10.2. The first-order chi connectivity index (χ1) is 7.45.